The Hall–Kier alpha value is -3.53. The van der Waals surface area contributed by atoms with Crippen molar-refractivity contribution in [3.05, 3.63) is 65.2 Å². The molecule has 0 spiro atoms. The van der Waals surface area contributed by atoms with Crippen molar-refractivity contribution in [2.75, 3.05) is 24.5 Å². The van der Waals surface area contributed by atoms with Gasteiger partial charge in [-0.2, -0.15) is 0 Å². The molecule has 224 valence electrons. The van der Waals surface area contributed by atoms with Gasteiger partial charge in [0.1, 0.15) is 18.2 Å². The molecule has 0 saturated carbocycles. The largest absolute Gasteiger partial charge is 0.462 e. The van der Waals surface area contributed by atoms with Crippen molar-refractivity contribution in [3.8, 4) is 0 Å². The Balaban J connectivity index is 2.15. The minimum Gasteiger partial charge on any atom is -0.462 e. The van der Waals surface area contributed by atoms with Crippen LogP contribution in [0.5, 0.6) is 0 Å². The van der Waals surface area contributed by atoms with E-state index in [9.17, 15) is 28.3 Å². The average molecular weight is 574 g/mol. The molecule has 3 rings (SSSR count). The van der Waals surface area contributed by atoms with Gasteiger partial charge >= 0.3 is 5.97 Å². The van der Waals surface area contributed by atoms with Crippen molar-refractivity contribution in [3.63, 3.8) is 0 Å². The van der Waals surface area contributed by atoms with Crippen LogP contribution in [-0.4, -0.2) is 65.7 Å². The summed E-state index contributed by atoms with van der Waals surface area (Å²) in [7, 11) is 0. The molecule has 2 N–H and O–H groups in total. The Bertz CT molecular complexity index is 1230. The van der Waals surface area contributed by atoms with Crippen LogP contribution in [0.15, 0.2) is 42.5 Å². The number of anilines is 1. The summed E-state index contributed by atoms with van der Waals surface area (Å²) in [6.07, 6.45) is -1.30. The highest BCUT2D eigenvalue weighted by Gasteiger charge is 2.46. The number of benzene rings is 2. The molecule has 1 heterocycles. The van der Waals surface area contributed by atoms with Gasteiger partial charge in [0.05, 0.1) is 30.2 Å². The second kappa shape index (κ2) is 13.4. The molecule has 0 aromatic heterocycles. The van der Waals surface area contributed by atoms with E-state index in [2.05, 4.69) is 5.32 Å². The van der Waals surface area contributed by atoms with Crippen molar-refractivity contribution in [2.24, 2.45) is 0 Å². The molecule has 2 amide bonds. The second-order valence-corrected chi connectivity index (χ2v) is 11.4. The lowest BCUT2D eigenvalue weighted by Crippen LogP contribution is -2.59. The highest BCUT2D eigenvalue weighted by Crippen LogP contribution is 2.43. The van der Waals surface area contributed by atoms with Gasteiger partial charge in [-0.15, -0.1) is 0 Å². The summed E-state index contributed by atoms with van der Waals surface area (Å²) in [5, 5.41) is 13.9. The molecular weight excluding hydrogens is 532 g/mol. The Morgan fingerprint density at radius 2 is 1.76 bits per heavy atom. The van der Waals surface area contributed by atoms with Gasteiger partial charge in [-0.1, -0.05) is 38.1 Å². The third-order valence-corrected chi connectivity index (χ3v) is 7.42. The van der Waals surface area contributed by atoms with Crippen LogP contribution in [0.4, 0.5) is 14.5 Å². The van der Waals surface area contributed by atoms with Crippen LogP contribution in [-0.2, 0) is 24.7 Å². The Morgan fingerprint density at radius 3 is 2.32 bits per heavy atom. The summed E-state index contributed by atoms with van der Waals surface area (Å²) in [6.45, 7) is 10.3. The molecule has 3 atom stereocenters. The van der Waals surface area contributed by atoms with Gasteiger partial charge in [-0.05, 0) is 56.4 Å². The zero-order chi connectivity index (χ0) is 30.5. The van der Waals surface area contributed by atoms with E-state index < -0.39 is 35.3 Å². The molecule has 1 aliphatic rings. The molecule has 8 nitrogen and oxygen atoms in total. The SMILES string of the molecule is CC(=O)NC(C)C(O)CN(c1cc(F)cc(F)c1)C1(c2cccc(C(C)C)c2)CCN(CC(=O)OC(C)C)C(=O)C1. The number of carbonyl (C=O) groups excluding carboxylic acids is 3. The first kappa shape index (κ1) is 32.0. The van der Waals surface area contributed by atoms with Gasteiger partial charge in [0.2, 0.25) is 11.8 Å². The first-order valence-electron chi connectivity index (χ1n) is 14.0. The first-order valence-corrected chi connectivity index (χ1v) is 14.0. The summed E-state index contributed by atoms with van der Waals surface area (Å²) in [5.74, 6) is -2.64. The fraction of sp³-hybridized carbons (Fsp3) is 0.516. The molecule has 0 radical (unpaired) electrons. The number of rotatable bonds is 11. The van der Waals surface area contributed by atoms with Crippen LogP contribution in [0.3, 0.4) is 0 Å². The third-order valence-electron chi connectivity index (χ3n) is 7.42. The van der Waals surface area contributed by atoms with Gasteiger partial charge in [0.15, 0.2) is 0 Å². The van der Waals surface area contributed by atoms with Gasteiger partial charge in [-0.3, -0.25) is 14.4 Å². The molecule has 2 aromatic carbocycles. The van der Waals surface area contributed by atoms with E-state index in [0.717, 1.165) is 17.2 Å². The lowest BCUT2D eigenvalue weighted by atomic mass is 9.77. The summed E-state index contributed by atoms with van der Waals surface area (Å²) in [6, 6.07) is 10.1. The van der Waals surface area contributed by atoms with E-state index in [-0.39, 0.29) is 55.6 Å². The van der Waals surface area contributed by atoms with Gasteiger partial charge in [0.25, 0.3) is 0 Å². The minimum absolute atomic E-state index is 0.122. The maximum atomic E-state index is 14.6. The zero-order valence-corrected chi connectivity index (χ0v) is 24.6. The molecule has 1 fully saturated rings. The fourth-order valence-corrected chi connectivity index (χ4v) is 5.32. The van der Waals surface area contributed by atoms with Gasteiger partial charge in [0, 0.05) is 31.8 Å². The number of likely N-dealkylation sites (tertiary alicyclic amines) is 1. The van der Waals surface area contributed by atoms with Crippen LogP contribution in [0.2, 0.25) is 0 Å². The normalized spacial score (nSPS) is 18.8. The standard InChI is InChI=1S/C31H41F2N3O5/c1-19(2)23-8-7-9-24(12-23)31(10-11-35(29(39)16-31)18-30(40)41-20(3)4)36(17-28(38)21(5)34-22(6)37)27-14-25(32)13-26(33)15-27/h7-9,12-15,19-21,28,38H,10-11,16-18H2,1-6H3,(H,34,37). The number of nitrogens with zero attached hydrogens (tertiary/aromatic N) is 2. The zero-order valence-electron chi connectivity index (χ0n) is 24.6. The molecule has 10 heteroatoms. The number of aliphatic hydroxyl groups is 1. The number of carbonyl (C=O) groups is 3. The molecule has 41 heavy (non-hydrogen) atoms. The van der Waals surface area contributed by atoms with Crippen LogP contribution < -0.4 is 10.2 Å². The van der Waals surface area contributed by atoms with Crippen molar-refractivity contribution in [2.45, 2.75) is 84.1 Å². The topological polar surface area (TPSA) is 99.2 Å². The number of aliphatic hydroxyl groups excluding tert-OH is 1. The van der Waals surface area contributed by atoms with Gasteiger partial charge in [-0.25, -0.2) is 8.78 Å². The number of amides is 2. The van der Waals surface area contributed by atoms with E-state index in [1.807, 2.05) is 38.1 Å². The van der Waals surface area contributed by atoms with Gasteiger partial charge < -0.3 is 25.0 Å². The maximum absolute atomic E-state index is 14.6. The molecule has 1 aliphatic heterocycles. The smallest absolute Gasteiger partial charge is 0.325 e. The fourth-order valence-electron chi connectivity index (χ4n) is 5.32. The van der Waals surface area contributed by atoms with Crippen molar-refractivity contribution in [1.82, 2.24) is 10.2 Å². The monoisotopic (exact) mass is 573 g/mol. The lowest BCUT2D eigenvalue weighted by molar-refractivity contribution is -0.154. The van der Waals surface area contributed by atoms with E-state index in [1.54, 1.807) is 25.7 Å². The third kappa shape index (κ3) is 8.03. The molecule has 1 saturated heterocycles. The summed E-state index contributed by atoms with van der Waals surface area (Å²) in [4.78, 5) is 40.9. The van der Waals surface area contributed by atoms with Crippen LogP contribution in [0, 0.1) is 11.6 Å². The molecule has 3 unspecified atom stereocenters. The highest BCUT2D eigenvalue weighted by atomic mass is 19.1. The number of nitrogens with one attached hydrogen (secondary N) is 1. The molecular formula is C31H41F2N3O5. The van der Waals surface area contributed by atoms with Crippen LogP contribution in [0.1, 0.15) is 71.4 Å². The molecule has 2 aromatic rings. The number of halogens is 2. The molecule has 0 aliphatic carbocycles. The van der Waals surface area contributed by atoms with E-state index in [0.29, 0.717) is 6.42 Å². The predicted molar refractivity (Wildman–Crippen MR) is 152 cm³/mol. The van der Waals surface area contributed by atoms with E-state index in [4.69, 9.17) is 4.74 Å². The van der Waals surface area contributed by atoms with E-state index >= 15 is 0 Å². The summed E-state index contributed by atoms with van der Waals surface area (Å²) in [5.41, 5.74) is 0.768. The number of hydrogen-bond acceptors (Lipinski definition) is 6. The number of esters is 1. The van der Waals surface area contributed by atoms with Crippen LogP contribution >= 0.6 is 0 Å². The Kier molecular flexibility index (Phi) is 10.5. The number of piperidine rings is 1. The Labute approximate surface area is 240 Å². The van der Waals surface area contributed by atoms with E-state index in [1.165, 1.54) is 24.0 Å². The van der Waals surface area contributed by atoms with Crippen molar-refractivity contribution < 1.29 is 33.0 Å². The number of ether oxygens (including phenoxy) is 1. The quantitative estimate of drug-likeness (QED) is 0.390. The summed E-state index contributed by atoms with van der Waals surface area (Å²) >= 11 is 0. The Morgan fingerprint density at radius 1 is 1.10 bits per heavy atom. The minimum atomic E-state index is -1.15. The van der Waals surface area contributed by atoms with Crippen LogP contribution in [0.25, 0.3) is 0 Å². The van der Waals surface area contributed by atoms with Crippen molar-refractivity contribution in [1.29, 1.82) is 0 Å². The predicted octanol–water partition coefficient (Wildman–Crippen LogP) is 4.25. The number of hydrogen-bond donors (Lipinski definition) is 2. The second-order valence-electron chi connectivity index (χ2n) is 11.4. The summed E-state index contributed by atoms with van der Waals surface area (Å²) < 4.78 is 34.4. The lowest BCUT2D eigenvalue weighted by Gasteiger charge is -2.50. The average Bonchev–Trinajstić information content (AvgIpc) is 2.87. The molecule has 0 bridgehead atoms. The van der Waals surface area contributed by atoms with Crippen molar-refractivity contribution >= 4 is 23.5 Å². The maximum Gasteiger partial charge on any atom is 0.325 e. The first-order chi connectivity index (χ1) is 19.2. The highest BCUT2D eigenvalue weighted by molar-refractivity contribution is 5.84.